The van der Waals surface area contributed by atoms with Crippen LogP contribution in [-0.4, -0.2) is 68.0 Å². The van der Waals surface area contributed by atoms with E-state index in [0.29, 0.717) is 0 Å². The summed E-state index contributed by atoms with van der Waals surface area (Å²) in [5.41, 5.74) is -0.607. The van der Waals surface area contributed by atoms with E-state index >= 15 is 0 Å². The zero-order valence-electron chi connectivity index (χ0n) is 12.2. The Morgan fingerprint density at radius 1 is 1.21 bits per heavy atom. The van der Waals surface area contributed by atoms with Crippen molar-refractivity contribution in [2.24, 2.45) is 0 Å². The van der Waals surface area contributed by atoms with E-state index in [1.807, 2.05) is 18.5 Å². The van der Waals surface area contributed by atoms with Gasteiger partial charge in [0.2, 0.25) is 0 Å². The lowest BCUT2D eigenvalue weighted by molar-refractivity contribution is 0.0161. The predicted octanol–water partition coefficient (Wildman–Crippen LogP) is 0.187. The number of aliphatic hydroxyl groups is 1. The van der Waals surface area contributed by atoms with Gasteiger partial charge >= 0.3 is 0 Å². The van der Waals surface area contributed by atoms with Crippen LogP contribution in [0.15, 0.2) is 6.33 Å². The van der Waals surface area contributed by atoms with E-state index in [1.54, 1.807) is 6.33 Å². The van der Waals surface area contributed by atoms with Crippen LogP contribution in [0.4, 0.5) is 0 Å². The third-order valence-corrected chi connectivity index (χ3v) is 3.44. The van der Waals surface area contributed by atoms with Gasteiger partial charge in [-0.15, -0.1) is 0 Å². The summed E-state index contributed by atoms with van der Waals surface area (Å²) in [5, 5.41) is 14.0. The fourth-order valence-electron chi connectivity index (χ4n) is 2.53. The first-order valence-corrected chi connectivity index (χ1v) is 7.02. The number of nitrogens with zero attached hydrogens (tertiary/aromatic N) is 5. The van der Waals surface area contributed by atoms with E-state index in [2.05, 4.69) is 26.8 Å². The molecule has 0 amide bonds. The summed E-state index contributed by atoms with van der Waals surface area (Å²) >= 11 is 0. The van der Waals surface area contributed by atoms with Crippen LogP contribution in [0.3, 0.4) is 0 Å². The van der Waals surface area contributed by atoms with Gasteiger partial charge in [-0.25, -0.2) is 9.67 Å². The molecule has 0 aliphatic carbocycles. The second-order valence-electron chi connectivity index (χ2n) is 5.86. The molecule has 0 atom stereocenters. The molecule has 2 heterocycles. The van der Waals surface area contributed by atoms with Crippen molar-refractivity contribution in [3.8, 4) is 0 Å². The van der Waals surface area contributed by atoms with Crippen LogP contribution >= 0.6 is 0 Å². The Kier molecular flexibility index (Phi) is 4.54. The van der Waals surface area contributed by atoms with E-state index in [9.17, 15) is 5.11 Å². The fourth-order valence-corrected chi connectivity index (χ4v) is 2.53. The van der Waals surface area contributed by atoms with Crippen LogP contribution in [0.1, 0.15) is 26.6 Å². The number of hydrogen-bond donors (Lipinski definition) is 1. The van der Waals surface area contributed by atoms with Crippen LogP contribution in [-0.2, 0) is 13.1 Å². The minimum absolute atomic E-state index is 0.607. The van der Waals surface area contributed by atoms with Crippen molar-refractivity contribution in [1.29, 1.82) is 0 Å². The van der Waals surface area contributed by atoms with Crippen LogP contribution in [0.5, 0.6) is 0 Å². The number of piperazine rings is 1. The van der Waals surface area contributed by atoms with Crippen LogP contribution in [0.25, 0.3) is 0 Å². The molecule has 1 N–H and O–H groups in total. The molecule has 1 aromatic heterocycles. The first kappa shape index (κ1) is 14.4. The Morgan fingerprint density at radius 2 is 1.84 bits per heavy atom. The minimum Gasteiger partial charge on any atom is -0.389 e. The Balaban J connectivity index is 1.80. The van der Waals surface area contributed by atoms with Crippen molar-refractivity contribution in [1.82, 2.24) is 24.6 Å². The molecule has 0 bridgehead atoms. The molecule has 1 aliphatic heterocycles. The molecule has 6 nitrogen and oxygen atoms in total. The van der Waals surface area contributed by atoms with Crippen molar-refractivity contribution in [3.05, 3.63) is 12.2 Å². The van der Waals surface area contributed by atoms with Crippen molar-refractivity contribution in [2.45, 2.75) is 39.5 Å². The molecule has 1 saturated heterocycles. The van der Waals surface area contributed by atoms with Gasteiger partial charge in [0.1, 0.15) is 12.2 Å². The molecule has 1 fully saturated rings. The van der Waals surface area contributed by atoms with Crippen molar-refractivity contribution in [2.75, 3.05) is 32.7 Å². The molecular formula is C13H25N5O. The lowest BCUT2D eigenvalue weighted by Gasteiger charge is -2.37. The van der Waals surface area contributed by atoms with Gasteiger partial charge in [-0.3, -0.25) is 9.80 Å². The van der Waals surface area contributed by atoms with Crippen LogP contribution in [0, 0.1) is 0 Å². The van der Waals surface area contributed by atoms with Gasteiger partial charge in [0.15, 0.2) is 0 Å². The summed E-state index contributed by atoms with van der Waals surface area (Å²) < 4.78 is 1.95. The Hall–Kier alpha value is -0.980. The van der Waals surface area contributed by atoms with Crippen molar-refractivity contribution >= 4 is 0 Å². The minimum atomic E-state index is -0.607. The van der Waals surface area contributed by atoms with E-state index in [0.717, 1.165) is 51.6 Å². The van der Waals surface area contributed by atoms with Gasteiger partial charge in [0.05, 0.1) is 12.1 Å². The lowest BCUT2D eigenvalue weighted by atomic mass is 10.1. The van der Waals surface area contributed by atoms with E-state index < -0.39 is 5.60 Å². The number of hydrogen-bond acceptors (Lipinski definition) is 5. The normalized spacial score (nSPS) is 18.9. The average molecular weight is 267 g/mol. The molecule has 0 saturated carbocycles. The monoisotopic (exact) mass is 267 g/mol. The largest absolute Gasteiger partial charge is 0.389 e. The van der Waals surface area contributed by atoms with Gasteiger partial charge in [0.25, 0.3) is 0 Å². The molecule has 0 spiro atoms. The summed E-state index contributed by atoms with van der Waals surface area (Å²) in [6, 6.07) is 0. The number of aromatic nitrogens is 3. The maximum absolute atomic E-state index is 9.83. The van der Waals surface area contributed by atoms with Crippen LogP contribution in [0.2, 0.25) is 0 Å². The highest BCUT2D eigenvalue weighted by Gasteiger charge is 2.23. The smallest absolute Gasteiger partial charge is 0.140 e. The molecular weight excluding hydrogens is 242 g/mol. The van der Waals surface area contributed by atoms with E-state index in [-0.39, 0.29) is 0 Å². The topological polar surface area (TPSA) is 57.4 Å². The second kappa shape index (κ2) is 5.98. The van der Waals surface area contributed by atoms with E-state index in [1.165, 1.54) is 0 Å². The Bertz CT molecular complexity index is 390. The number of β-amino-alcohol motifs (C(OH)–C–C–N with tert-alkyl or cyclic N) is 1. The SMILES string of the molecule is CCn1ncnc1CN1CCN(CC(C)(C)O)CC1. The summed E-state index contributed by atoms with van der Waals surface area (Å²) in [6.45, 7) is 12.3. The molecule has 2 rings (SSSR count). The molecule has 0 unspecified atom stereocenters. The highest BCUT2D eigenvalue weighted by atomic mass is 16.3. The van der Waals surface area contributed by atoms with Crippen LogP contribution < -0.4 is 0 Å². The van der Waals surface area contributed by atoms with Gasteiger partial charge in [-0.05, 0) is 20.8 Å². The molecule has 108 valence electrons. The lowest BCUT2D eigenvalue weighted by Crippen LogP contribution is -2.50. The molecule has 0 radical (unpaired) electrons. The Labute approximate surface area is 115 Å². The summed E-state index contributed by atoms with van der Waals surface area (Å²) in [5.74, 6) is 1.04. The fraction of sp³-hybridized carbons (Fsp3) is 0.846. The van der Waals surface area contributed by atoms with E-state index in [4.69, 9.17) is 0 Å². The molecule has 1 aliphatic rings. The highest BCUT2D eigenvalue weighted by Crippen LogP contribution is 2.10. The quantitative estimate of drug-likeness (QED) is 0.825. The summed E-state index contributed by atoms with van der Waals surface area (Å²) in [4.78, 5) is 9.04. The van der Waals surface area contributed by atoms with Gasteiger partial charge < -0.3 is 5.11 Å². The number of rotatable bonds is 5. The summed E-state index contributed by atoms with van der Waals surface area (Å²) in [7, 11) is 0. The third kappa shape index (κ3) is 4.26. The first-order valence-electron chi connectivity index (χ1n) is 7.02. The van der Waals surface area contributed by atoms with Gasteiger partial charge in [-0.1, -0.05) is 0 Å². The maximum Gasteiger partial charge on any atom is 0.140 e. The highest BCUT2D eigenvalue weighted by molar-refractivity contribution is 4.86. The molecule has 19 heavy (non-hydrogen) atoms. The number of aryl methyl sites for hydroxylation is 1. The predicted molar refractivity (Wildman–Crippen MR) is 73.7 cm³/mol. The first-order chi connectivity index (χ1) is 8.98. The van der Waals surface area contributed by atoms with Crippen molar-refractivity contribution < 1.29 is 5.11 Å². The zero-order chi connectivity index (χ0) is 13.9. The third-order valence-electron chi connectivity index (χ3n) is 3.44. The molecule has 6 heteroatoms. The summed E-state index contributed by atoms with van der Waals surface area (Å²) in [6.07, 6.45) is 1.63. The second-order valence-corrected chi connectivity index (χ2v) is 5.86. The molecule has 0 aromatic carbocycles. The molecule has 1 aromatic rings. The average Bonchev–Trinajstić information content (AvgIpc) is 2.77. The zero-order valence-corrected chi connectivity index (χ0v) is 12.2. The maximum atomic E-state index is 9.83. The van der Waals surface area contributed by atoms with Gasteiger partial charge in [0, 0.05) is 39.3 Å². The standard InChI is InChI=1S/C13H25N5O/c1-4-18-12(14-11-15-18)9-16-5-7-17(8-6-16)10-13(2,3)19/h11,19H,4-10H2,1-3H3. The Morgan fingerprint density at radius 3 is 2.42 bits per heavy atom. The van der Waals surface area contributed by atoms with Crippen molar-refractivity contribution in [3.63, 3.8) is 0 Å². The van der Waals surface area contributed by atoms with Gasteiger partial charge in [-0.2, -0.15) is 5.10 Å².